The third-order valence-electron chi connectivity index (χ3n) is 4.98. The second-order valence-corrected chi connectivity index (χ2v) is 7.61. The van der Waals surface area contributed by atoms with Gasteiger partial charge in [0.2, 0.25) is 0 Å². The molecule has 0 saturated carbocycles. The molecule has 1 fully saturated rings. The maximum atomic E-state index is 13.7. The zero-order valence-electron chi connectivity index (χ0n) is 15.2. The summed E-state index contributed by atoms with van der Waals surface area (Å²) in [6.07, 6.45) is 0.827. The van der Waals surface area contributed by atoms with E-state index in [1.807, 2.05) is 30.3 Å². The van der Waals surface area contributed by atoms with Crippen LogP contribution in [0.2, 0.25) is 0 Å². The van der Waals surface area contributed by atoms with E-state index in [-0.39, 0.29) is 17.1 Å². The summed E-state index contributed by atoms with van der Waals surface area (Å²) in [5.74, 6) is 0.699. The first-order valence-corrected chi connectivity index (χ1v) is 10.0. The van der Waals surface area contributed by atoms with Crippen LogP contribution in [-0.2, 0) is 6.54 Å². The van der Waals surface area contributed by atoms with Crippen LogP contribution in [0.5, 0.6) is 0 Å². The highest BCUT2D eigenvalue weighted by Gasteiger charge is 2.27. The van der Waals surface area contributed by atoms with Crippen LogP contribution in [0.1, 0.15) is 30.8 Å². The first kappa shape index (κ1) is 18.2. The minimum absolute atomic E-state index is 0.0121. The third-order valence-corrected chi connectivity index (χ3v) is 5.72. The van der Waals surface area contributed by atoms with Crippen LogP contribution in [0, 0.1) is 5.26 Å². The SMILES string of the molecule is CCC(c1nc2sc(F)nc2c(=O)n1Cc1ccccc1)N1CCNCC1. The predicted molar refractivity (Wildman–Crippen MR) is 105 cm³/mol. The van der Waals surface area contributed by atoms with Gasteiger partial charge in [0, 0.05) is 26.2 Å². The lowest BCUT2D eigenvalue weighted by Gasteiger charge is -2.34. The zero-order valence-corrected chi connectivity index (χ0v) is 16.0. The molecule has 0 radical (unpaired) electrons. The van der Waals surface area contributed by atoms with Gasteiger partial charge in [0.05, 0.1) is 12.6 Å². The van der Waals surface area contributed by atoms with Crippen molar-refractivity contribution < 1.29 is 4.39 Å². The summed E-state index contributed by atoms with van der Waals surface area (Å²) in [4.78, 5) is 24.4. The van der Waals surface area contributed by atoms with Crippen molar-refractivity contribution in [1.82, 2.24) is 24.8 Å². The molecule has 1 atom stereocenters. The van der Waals surface area contributed by atoms with Crippen LogP contribution < -0.4 is 10.9 Å². The molecule has 3 aromatic rings. The topological polar surface area (TPSA) is 63.1 Å². The number of nitrogens with zero attached hydrogens (tertiary/aromatic N) is 4. The highest BCUT2D eigenvalue weighted by Crippen LogP contribution is 2.26. The molecule has 2 aromatic heterocycles. The van der Waals surface area contributed by atoms with E-state index >= 15 is 0 Å². The number of benzene rings is 1. The fourth-order valence-corrected chi connectivity index (χ4v) is 4.33. The average molecular weight is 387 g/mol. The highest BCUT2D eigenvalue weighted by atomic mass is 32.1. The van der Waals surface area contributed by atoms with E-state index in [4.69, 9.17) is 4.98 Å². The Morgan fingerprint density at radius 2 is 1.96 bits per heavy atom. The molecule has 0 bridgehead atoms. The van der Waals surface area contributed by atoms with Gasteiger partial charge in [-0.1, -0.05) is 48.6 Å². The largest absolute Gasteiger partial charge is 0.314 e. The quantitative estimate of drug-likeness (QED) is 0.728. The Morgan fingerprint density at radius 1 is 1.22 bits per heavy atom. The molecule has 1 N–H and O–H groups in total. The Labute approximate surface area is 160 Å². The Kier molecular flexibility index (Phi) is 5.29. The molecule has 4 rings (SSSR count). The number of hydrogen-bond acceptors (Lipinski definition) is 6. The predicted octanol–water partition coefficient (Wildman–Crippen LogP) is 2.40. The molecule has 27 heavy (non-hydrogen) atoms. The van der Waals surface area contributed by atoms with Crippen LogP contribution in [0.25, 0.3) is 10.3 Å². The van der Waals surface area contributed by atoms with Gasteiger partial charge in [0.1, 0.15) is 5.82 Å². The smallest absolute Gasteiger partial charge is 0.281 e. The lowest BCUT2D eigenvalue weighted by atomic mass is 10.1. The van der Waals surface area contributed by atoms with E-state index in [1.165, 1.54) is 0 Å². The monoisotopic (exact) mass is 387 g/mol. The zero-order chi connectivity index (χ0) is 18.8. The molecule has 142 valence electrons. The molecular formula is C19H22FN5OS. The normalized spacial score (nSPS) is 16.7. The van der Waals surface area contributed by atoms with Crippen molar-refractivity contribution in [3.63, 3.8) is 0 Å². The summed E-state index contributed by atoms with van der Waals surface area (Å²) < 4.78 is 15.4. The molecule has 0 spiro atoms. The van der Waals surface area contributed by atoms with Crippen molar-refractivity contribution in [3.8, 4) is 0 Å². The van der Waals surface area contributed by atoms with E-state index in [1.54, 1.807) is 4.57 Å². The van der Waals surface area contributed by atoms with Gasteiger partial charge in [-0.15, -0.1) is 0 Å². The fraction of sp³-hybridized carbons (Fsp3) is 0.421. The molecule has 1 aromatic carbocycles. The maximum absolute atomic E-state index is 13.7. The van der Waals surface area contributed by atoms with E-state index in [0.29, 0.717) is 17.2 Å². The summed E-state index contributed by atoms with van der Waals surface area (Å²) in [6.45, 7) is 6.13. The van der Waals surface area contributed by atoms with Crippen LogP contribution in [-0.4, -0.2) is 45.6 Å². The molecular weight excluding hydrogens is 365 g/mol. The molecule has 0 aliphatic carbocycles. The maximum Gasteiger partial charge on any atom is 0.281 e. The molecule has 6 nitrogen and oxygen atoms in total. The summed E-state index contributed by atoms with van der Waals surface area (Å²) in [7, 11) is 0. The Morgan fingerprint density at radius 3 is 2.67 bits per heavy atom. The van der Waals surface area contributed by atoms with Gasteiger partial charge in [0.25, 0.3) is 10.8 Å². The number of nitrogens with one attached hydrogen (secondary N) is 1. The number of rotatable bonds is 5. The molecule has 1 saturated heterocycles. The fourth-order valence-electron chi connectivity index (χ4n) is 3.67. The number of aromatic nitrogens is 3. The van der Waals surface area contributed by atoms with Crippen LogP contribution in [0.3, 0.4) is 0 Å². The van der Waals surface area contributed by atoms with Crippen molar-refractivity contribution in [3.05, 3.63) is 57.3 Å². The van der Waals surface area contributed by atoms with Gasteiger partial charge >= 0.3 is 0 Å². The molecule has 1 aliphatic heterocycles. The number of piperazine rings is 1. The Balaban J connectivity index is 1.85. The third kappa shape index (κ3) is 3.65. The average Bonchev–Trinajstić information content (AvgIpc) is 3.08. The number of hydrogen-bond donors (Lipinski definition) is 1. The van der Waals surface area contributed by atoms with E-state index < -0.39 is 5.26 Å². The summed E-state index contributed by atoms with van der Waals surface area (Å²) in [5, 5.41) is 2.74. The lowest BCUT2D eigenvalue weighted by Crippen LogP contribution is -2.46. The van der Waals surface area contributed by atoms with Gasteiger partial charge < -0.3 is 5.32 Å². The number of thiazole rings is 1. The molecule has 8 heteroatoms. The molecule has 1 unspecified atom stereocenters. The van der Waals surface area contributed by atoms with Gasteiger partial charge in [-0.2, -0.15) is 4.39 Å². The highest BCUT2D eigenvalue weighted by molar-refractivity contribution is 7.16. The molecule has 1 aliphatic rings. The van der Waals surface area contributed by atoms with Crippen LogP contribution in [0.15, 0.2) is 35.1 Å². The van der Waals surface area contributed by atoms with Crippen LogP contribution in [0.4, 0.5) is 4.39 Å². The van der Waals surface area contributed by atoms with Crippen LogP contribution >= 0.6 is 11.3 Å². The van der Waals surface area contributed by atoms with Crippen molar-refractivity contribution in [2.45, 2.75) is 25.9 Å². The van der Waals surface area contributed by atoms with Crippen molar-refractivity contribution >= 4 is 21.7 Å². The minimum atomic E-state index is -0.617. The van der Waals surface area contributed by atoms with E-state index in [9.17, 15) is 9.18 Å². The van der Waals surface area contributed by atoms with Gasteiger partial charge in [0.15, 0.2) is 10.3 Å². The van der Waals surface area contributed by atoms with Crippen molar-refractivity contribution in [2.24, 2.45) is 0 Å². The number of halogens is 1. The summed E-state index contributed by atoms with van der Waals surface area (Å²) in [5.41, 5.74) is 0.854. The second kappa shape index (κ2) is 7.84. The van der Waals surface area contributed by atoms with Crippen molar-refractivity contribution in [2.75, 3.05) is 26.2 Å². The van der Waals surface area contributed by atoms with E-state index in [0.717, 1.165) is 49.5 Å². The van der Waals surface area contributed by atoms with Gasteiger partial charge in [-0.25, -0.2) is 9.97 Å². The molecule has 3 heterocycles. The van der Waals surface area contributed by atoms with Crippen molar-refractivity contribution in [1.29, 1.82) is 0 Å². The minimum Gasteiger partial charge on any atom is -0.314 e. The van der Waals surface area contributed by atoms with E-state index in [2.05, 4.69) is 22.1 Å². The Bertz CT molecular complexity index is 981. The first-order chi connectivity index (χ1) is 13.2. The summed E-state index contributed by atoms with van der Waals surface area (Å²) >= 11 is 0.837. The first-order valence-electron chi connectivity index (χ1n) is 9.23. The lowest BCUT2D eigenvalue weighted by molar-refractivity contribution is 0.159. The second-order valence-electron chi connectivity index (χ2n) is 6.68. The standard InChI is InChI=1S/C19H22FN5OS/c1-2-14(24-10-8-21-9-11-24)16-23-17-15(22-19(20)27-17)18(26)25(16)12-13-6-4-3-5-7-13/h3-7,14,21H,2,8-12H2,1H3. The Hall–Kier alpha value is -2.16. The summed E-state index contributed by atoms with van der Waals surface area (Å²) in [6, 6.07) is 9.81. The van der Waals surface area contributed by atoms with Gasteiger partial charge in [-0.3, -0.25) is 14.3 Å². The molecule has 0 amide bonds. The number of fused-ring (bicyclic) bond motifs is 1. The van der Waals surface area contributed by atoms with Gasteiger partial charge in [-0.05, 0) is 12.0 Å².